The molecule has 0 N–H and O–H groups in total. The van der Waals surface area contributed by atoms with E-state index in [2.05, 4.69) is 20.8 Å². The smallest absolute Gasteiger partial charge is 0.306 e. The van der Waals surface area contributed by atoms with Gasteiger partial charge in [-0.25, -0.2) is 0 Å². The molecule has 5 heteroatoms. The Bertz CT molecular complexity index is 921. The molecule has 0 aromatic carbocycles. The lowest BCUT2D eigenvalue weighted by Crippen LogP contribution is -2.30. The van der Waals surface area contributed by atoms with Crippen LogP contribution >= 0.6 is 0 Å². The highest BCUT2D eigenvalue weighted by molar-refractivity contribution is 5.70. The Balaban J connectivity index is 4.16. The van der Waals surface area contributed by atoms with Crippen LogP contribution in [0.1, 0.15) is 355 Å². The normalized spacial score (nSPS) is 12.0. The third-order valence-electron chi connectivity index (χ3n) is 14.1. The van der Waals surface area contributed by atoms with Crippen LogP contribution in [-0.4, -0.2) is 37.9 Å². The number of rotatable bonds is 58. The molecule has 0 aliphatic heterocycles. The second-order valence-electron chi connectivity index (χ2n) is 21.0. The fraction of sp³-hybridized carbons (Fsp3) is 0.967. The van der Waals surface area contributed by atoms with Crippen molar-refractivity contribution in [3.63, 3.8) is 0 Å². The Kier molecular flexibility index (Phi) is 57.2. The fourth-order valence-electron chi connectivity index (χ4n) is 9.57. The van der Waals surface area contributed by atoms with Crippen molar-refractivity contribution < 1.29 is 23.8 Å². The predicted octanol–water partition coefficient (Wildman–Crippen LogP) is 20.8. The zero-order chi connectivity index (χ0) is 47.7. The second-order valence-corrected chi connectivity index (χ2v) is 21.0. The Morgan fingerprint density at radius 1 is 0.273 bits per heavy atom. The van der Waals surface area contributed by atoms with Crippen molar-refractivity contribution in [3.05, 3.63) is 0 Å². The van der Waals surface area contributed by atoms with Gasteiger partial charge in [0.2, 0.25) is 0 Å². The van der Waals surface area contributed by atoms with Crippen LogP contribution in [0.5, 0.6) is 0 Å². The molecule has 5 nitrogen and oxygen atoms in total. The number of carbonyl (C=O) groups is 2. The summed E-state index contributed by atoms with van der Waals surface area (Å²) in [5.74, 6) is -0.362. The number of carbonyl (C=O) groups excluding carboxylic acids is 2. The standard InChI is InChI=1S/C61H120O5/c1-4-7-10-13-16-19-22-25-28-30-31-33-34-36-39-42-45-48-51-54-60(62)65-58-59(57-64-56-53-50-47-44-41-38-27-24-21-18-15-12-9-6-3)66-61(63)55-52-49-46-43-40-37-35-32-29-26-23-20-17-14-11-8-5-2/h59H,4-58H2,1-3H3. The molecule has 0 aromatic heterocycles. The van der Waals surface area contributed by atoms with Gasteiger partial charge in [0.05, 0.1) is 6.61 Å². The van der Waals surface area contributed by atoms with E-state index in [9.17, 15) is 9.59 Å². The predicted molar refractivity (Wildman–Crippen MR) is 289 cm³/mol. The van der Waals surface area contributed by atoms with Gasteiger partial charge in [0.1, 0.15) is 6.61 Å². The van der Waals surface area contributed by atoms with E-state index in [1.807, 2.05) is 0 Å². The van der Waals surface area contributed by atoms with E-state index >= 15 is 0 Å². The van der Waals surface area contributed by atoms with Gasteiger partial charge in [-0.2, -0.15) is 0 Å². The summed E-state index contributed by atoms with van der Waals surface area (Å²) in [6.45, 7) is 7.94. The van der Waals surface area contributed by atoms with Gasteiger partial charge < -0.3 is 14.2 Å². The van der Waals surface area contributed by atoms with Gasteiger partial charge in [0.15, 0.2) is 6.10 Å². The molecule has 0 saturated heterocycles. The Morgan fingerprint density at radius 2 is 0.500 bits per heavy atom. The van der Waals surface area contributed by atoms with Gasteiger partial charge in [-0.05, 0) is 19.3 Å². The molecule has 0 spiro atoms. The maximum absolute atomic E-state index is 12.9. The Morgan fingerprint density at radius 3 is 0.773 bits per heavy atom. The highest BCUT2D eigenvalue weighted by Crippen LogP contribution is 2.18. The SMILES string of the molecule is CCCCCCCCCCCCCCCCCCCCCC(=O)OCC(COCCCCCCCCCCCCCCCC)OC(=O)CCCCCCCCCCCCCCCCCCC. The zero-order valence-corrected chi connectivity index (χ0v) is 45.5. The molecule has 66 heavy (non-hydrogen) atoms. The first kappa shape index (κ1) is 64.9. The highest BCUT2D eigenvalue weighted by Gasteiger charge is 2.18. The van der Waals surface area contributed by atoms with E-state index < -0.39 is 6.10 Å². The van der Waals surface area contributed by atoms with Gasteiger partial charge in [-0.15, -0.1) is 0 Å². The molecule has 0 aliphatic rings. The van der Waals surface area contributed by atoms with Crippen LogP contribution in [0.3, 0.4) is 0 Å². The summed E-state index contributed by atoms with van der Waals surface area (Å²) in [4.78, 5) is 25.6. The largest absolute Gasteiger partial charge is 0.462 e. The zero-order valence-electron chi connectivity index (χ0n) is 45.5. The van der Waals surface area contributed by atoms with E-state index in [0.717, 1.165) is 32.1 Å². The number of esters is 2. The van der Waals surface area contributed by atoms with Crippen LogP contribution in [-0.2, 0) is 23.8 Å². The van der Waals surface area contributed by atoms with Crippen molar-refractivity contribution in [2.45, 2.75) is 361 Å². The lowest BCUT2D eigenvalue weighted by molar-refractivity contribution is -0.163. The molecule has 0 bridgehead atoms. The fourth-order valence-corrected chi connectivity index (χ4v) is 9.57. The molecule has 0 saturated carbocycles. The molecule has 0 heterocycles. The first-order chi connectivity index (χ1) is 32.6. The van der Waals surface area contributed by atoms with Crippen molar-refractivity contribution in [2.75, 3.05) is 19.8 Å². The molecule has 0 amide bonds. The monoisotopic (exact) mass is 933 g/mol. The topological polar surface area (TPSA) is 61.8 Å². The van der Waals surface area contributed by atoms with Crippen LogP contribution in [0.4, 0.5) is 0 Å². The minimum absolute atomic E-state index is 0.0987. The summed E-state index contributed by atoms with van der Waals surface area (Å²) in [6, 6.07) is 0. The molecule has 394 valence electrons. The second kappa shape index (κ2) is 58.2. The number of ether oxygens (including phenoxy) is 3. The van der Waals surface area contributed by atoms with Gasteiger partial charge >= 0.3 is 11.9 Å². The summed E-state index contributed by atoms with van der Waals surface area (Å²) < 4.78 is 17.5. The van der Waals surface area contributed by atoms with E-state index in [-0.39, 0.29) is 18.5 Å². The summed E-state index contributed by atoms with van der Waals surface area (Å²) >= 11 is 0. The van der Waals surface area contributed by atoms with Gasteiger partial charge in [-0.3, -0.25) is 9.59 Å². The van der Waals surface area contributed by atoms with Gasteiger partial charge in [0, 0.05) is 19.4 Å². The first-order valence-electron chi connectivity index (χ1n) is 30.6. The quantitative estimate of drug-likeness (QED) is 0.0449. The lowest BCUT2D eigenvalue weighted by atomic mass is 10.0. The summed E-state index contributed by atoms with van der Waals surface area (Å²) in [5.41, 5.74) is 0. The molecule has 0 rings (SSSR count). The maximum atomic E-state index is 12.9. The molecule has 1 atom stereocenters. The first-order valence-corrected chi connectivity index (χ1v) is 30.6. The molecule has 0 fully saturated rings. The maximum Gasteiger partial charge on any atom is 0.306 e. The molecule has 1 unspecified atom stereocenters. The third kappa shape index (κ3) is 55.5. The summed E-state index contributed by atoms with van der Waals surface area (Å²) in [5, 5.41) is 0. The lowest BCUT2D eigenvalue weighted by Gasteiger charge is -2.18. The Labute approximate surface area is 414 Å². The van der Waals surface area contributed by atoms with E-state index in [1.54, 1.807) is 0 Å². The number of hydrogen-bond acceptors (Lipinski definition) is 5. The van der Waals surface area contributed by atoms with Crippen molar-refractivity contribution in [1.82, 2.24) is 0 Å². The number of unbranched alkanes of at least 4 members (excludes halogenated alkanes) is 47. The van der Waals surface area contributed by atoms with Crippen molar-refractivity contribution >= 4 is 11.9 Å². The van der Waals surface area contributed by atoms with Crippen LogP contribution in [0.15, 0.2) is 0 Å². The minimum Gasteiger partial charge on any atom is -0.462 e. The molecular formula is C61H120O5. The van der Waals surface area contributed by atoms with Crippen molar-refractivity contribution in [2.24, 2.45) is 0 Å². The van der Waals surface area contributed by atoms with E-state index in [1.165, 1.54) is 289 Å². The molecular weight excluding hydrogens is 813 g/mol. The molecule has 0 aromatic rings. The average Bonchev–Trinajstić information content (AvgIpc) is 3.32. The third-order valence-corrected chi connectivity index (χ3v) is 14.1. The van der Waals surface area contributed by atoms with Gasteiger partial charge in [0.25, 0.3) is 0 Å². The van der Waals surface area contributed by atoms with E-state index in [0.29, 0.717) is 26.1 Å². The van der Waals surface area contributed by atoms with E-state index in [4.69, 9.17) is 14.2 Å². The minimum atomic E-state index is -0.524. The number of hydrogen-bond donors (Lipinski definition) is 0. The highest BCUT2D eigenvalue weighted by atomic mass is 16.6. The molecule has 0 radical (unpaired) electrons. The summed E-state index contributed by atoms with van der Waals surface area (Å²) in [6.07, 6.45) is 67.0. The summed E-state index contributed by atoms with van der Waals surface area (Å²) in [7, 11) is 0. The van der Waals surface area contributed by atoms with Crippen molar-refractivity contribution in [3.8, 4) is 0 Å². The van der Waals surface area contributed by atoms with Gasteiger partial charge in [-0.1, -0.05) is 323 Å². The van der Waals surface area contributed by atoms with Crippen molar-refractivity contribution in [1.29, 1.82) is 0 Å². The van der Waals surface area contributed by atoms with Crippen LogP contribution in [0.25, 0.3) is 0 Å². The van der Waals surface area contributed by atoms with Crippen LogP contribution in [0.2, 0.25) is 0 Å². The van der Waals surface area contributed by atoms with Crippen LogP contribution in [0, 0.1) is 0 Å². The molecule has 0 aliphatic carbocycles. The average molecular weight is 934 g/mol. The van der Waals surface area contributed by atoms with Crippen LogP contribution < -0.4 is 0 Å². The Hall–Kier alpha value is -1.10.